The molecule has 7 rings (SSSR count). The SMILES string of the molecule is CC1(C)[C@H]2CC[C@@H](CN3CCC(n4c([C@@H]5CCNC5)nc5ccccc54)CC3)[C@@H]1C2. The van der Waals surface area contributed by atoms with Gasteiger partial charge in [0.25, 0.3) is 0 Å². The van der Waals surface area contributed by atoms with Crippen LogP contribution < -0.4 is 5.32 Å². The van der Waals surface area contributed by atoms with Crippen LogP contribution in [0.3, 0.4) is 0 Å². The normalized spacial score (nSPS) is 34.3. The lowest BCUT2D eigenvalue weighted by Crippen LogP contribution is -2.55. The van der Waals surface area contributed by atoms with Gasteiger partial charge < -0.3 is 14.8 Å². The number of hydrogen-bond acceptors (Lipinski definition) is 3. The van der Waals surface area contributed by atoms with Gasteiger partial charge in [-0.25, -0.2) is 4.98 Å². The Balaban J connectivity index is 1.17. The Morgan fingerprint density at radius 3 is 2.63 bits per heavy atom. The number of likely N-dealkylation sites (tertiary alicyclic amines) is 1. The third-order valence-corrected chi connectivity index (χ3v) is 9.46. The number of aromatic nitrogens is 2. The van der Waals surface area contributed by atoms with E-state index in [1.54, 1.807) is 0 Å². The maximum Gasteiger partial charge on any atom is 0.114 e. The van der Waals surface area contributed by atoms with E-state index in [1.165, 1.54) is 75.0 Å². The fourth-order valence-corrected chi connectivity index (χ4v) is 7.48. The molecule has 4 atom stereocenters. The number of rotatable bonds is 4. The van der Waals surface area contributed by atoms with Crippen LogP contribution in [0, 0.1) is 23.2 Å². The minimum Gasteiger partial charge on any atom is -0.324 e. The van der Waals surface area contributed by atoms with Crippen LogP contribution in [0.15, 0.2) is 24.3 Å². The lowest BCUT2D eigenvalue weighted by Gasteiger charge is -2.61. The number of fused-ring (bicyclic) bond motifs is 3. The van der Waals surface area contributed by atoms with Crippen molar-refractivity contribution in [3.05, 3.63) is 30.1 Å². The molecule has 0 unspecified atom stereocenters. The highest BCUT2D eigenvalue weighted by molar-refractivity contribution is 5.76. The zero-order valence-corrected chi connectivity index (χ0v) is 18.8. The van der Waals surface area contributed by atoms with Gasteiger partial charge in [0.05, 0.1) is 11.0 Å². The Bertz CT molecular complexity index is 899. The first kappa shape index (κ1) is 19.3. The van der Waals surface area contributed by atoms with Gasteiger partial charge in [0, 0.05) is 38.1 Å². The number of nitrogens with one attached hydrogen (secondary N) is 1. The van der Waals surface area contributed by atoms with Gasteiger partial charge in [0.1, 0.15) is 5.82 Å². The Morgan fingerprint density at radius 1 is 1.07 bits per heavy atom. The van der Waals surface area contributed by atoms with Crippen molar-refractivity contribution in [2.45, 2.75) is 64.3 Å². The predicted octanol–water partition coefficient (Wildman–Crippen LogP) is 4.82. The van der Waals surface area contributed by atoms with E-state index in [0.29, 0.717) is 17.4 Å². The monoisotopic (exact) mass is 406 g/mol. The van der Waals surface area contributed by atoms with Crippen LogP contribution in [0.1, 0.15) is 70.2 Å². The van der Waals surface area contributed by atoms with Gasteiger partial charge in [-0.15, -0.1) is 0 Å². The first-order chi connectivity index (χ1) is 14.6. The summed E-state index contributed by atoms with van der Waals surface area (Å²) in [5.41, 5.74) is 3.15. The highest BCUT2D eigenvalue weighted by Crippen LogP contribution is 2.61. The zero-order chi connectivity index (χ0) is 20.3. The molecular formula is C26H38N4. The Labute approximate surface area is 181 Å². The Morgan fingerprint density at radius 2 is 1.90 bits per heavy atom. The van der Waals surface area contributed by atoms with E-state index in [0.717, 1.165) is 30.8 Å². The molecule has 0 amide bonds. The van der Waals surface area contributed by atoms with Crippen molar-refractivity contribution >= 4 is 11.0 Å². The minimum atomic E-state index is 0.575. The van der Waals surface area contributed by atoms with E-state index in [2.05, 4.69) is 52.9 Å². The lowest BCUT2D eigenvalue weighted by atomic mass is 9.45. The molecule has 5 aliphatic rings. The lowest BCUT2D eigenvalue weighted by molar-refractivity contribution is -0.112. The molecule has 1 N–H and O–H groups in total. The second-order valence-corrected chi connectivity index (χ2v) is 11.2. The summed E-state index contributed by atoms with van der Waals surface area (Å²) >= 11 is 0. The van der Waals surface area contributed by atoms with E-state index < -0.39 is 0 Å². The number of imidazole rings is 1. The number of hydrogen-bond donors (Lipinski definition) is 1. The highest BCUT2D eigenvalue weighted by atomic mass is 15.2. The number of benzene rings is 1. The van der Waals surface area contributed by atoms with Crippen LogP contribution in [0.2, 0.25) is 0 Å². The maximum atomic E-state index is 5.12. The van der Waals surface area contributed by atoms with Crippen LogP contribution in [0.5, 0.6) is 0 Å². The van der Waals surface area contributed by atoms with Crippen LogP contribution >= 0.6 is 0 Å². The first-order valence-electron chi connectivity index (χ1n) is 12.5. The maximum absolute atomic E-state index is 5.12. The number of nitrogens with zero attached hydrogens (tertiary/aromatic N) is 3. The molecule has 2 saturated heterocycles. The van der Waals surface area contributed by atoms with Crippen LogP contribution in [0.25, 0.3) is 11.0 Å². The van der Waals surface area contributed by atoms with Crippen molar-refractivity contribution in [1.82, 2.24) is 19.8 Å². The molecule has 2 aromatic rings. The third kappa shape index (κ3) is 3.05. The highest BCUT2D eigenvalue weighted by Gasteiger charge is 2.54. The second-order valence-electron chi connectivity index (χ2n) is 11.2. The van der Waals surface area contributed by atoms with Gasteiger partial charge in [0.15, 0.2) is 0 Å². The second kappa shape index (κ2) is 7.34. The summed E-state index contributed by atoms with van der Waals surface area (Å²) in [6, 6.07) is 9.42. The molecule has 3 aliphatic carbocycles. The molecular weight excluding hydrogens is 368 g/mol. The molecule has 1 aromatic heterocycles. The Kier molecular flexibility index (Phi) is 4.72. The van der Waals surface area contributed by atoms with Crippen molar-refractivity contribution in [1.29, 1.82) is 0 Å². The number of para-hydroxylation sites is 2. The average molecular weight is 407 g/mol. The summed E-state index contributed by atoms with van der Waals surface area (Å²) in [7, 11) is 0. The molecule has 2 aliphatic heterocycles. The standard InChI is InChI=1S/C26H38N4/c1-26(2)20-8-7-19(22(26)15-20)17-29-13-10-21(11-14-29)30-24-6-4-3-5-23(24)28-25(30)18-9-12-27-16-18/h3-6,18-22,27H,7-17H2,1-2H3/t18-,19+,20+,22+/m1/s1. The summed E-state index contributed by atoms with van der Waals surface area (Å²) in [5, 5.41) is 3.55. The molecule has 1 aromatic carbocycles. The minimum absolute atomic E-state index is 0.575. The fourth-order valence-electron chi connectivity index (χ4n) is 7.48. The van der Waals surface area contributed by atoms with Crippen LogP contribution in [-0.4, -0.2) is 47.2 Å². The van der Waals surface area contributed by atoms with Crippen molar-refractivity contribution in [2.24, 2.45) is 23.2 Å². The predicted molar refractivity (Wildman–Crippen MR) is 123 cm³/mol. The van der Waals surface area contributed by atoms with Crippen LogP contribution in [0.4, 0.5) is 0 Å². The van der Waals surface area contributed by atoms with Gasteiger partial charge >= 0.3 is 0 Å². The van der Waals surface area contributed by atoms with Gasteiger partial charge in [-0.2, -0.15) is 0 Å². The molecule has 3 saturated carbocycles. The third-order valence-electron chi connectivity index (χ3n) is 9.46. The molecule has 4 heteroatoms. The number of piperidine rings is 1. The van der Waals surface area contributed by atoms with E-state index in [4.69, 9.17) is 4.98 Å². The summed E-state index contributed by atoms with van der Waals surface area (Å²) in [5.74, 6) is 4.85. The topological polar surface area (TPSA) is 33.1 Å². The van der Waals surface area contributed by atoms with Gasteiger partial charge in [-0.3, -0.25) is 0 Å². The first-order valence-corrected chi connectivity index (χ1v) is 12.5. The molecule has 4 nitrogen and oxygen atoms in total. The van der Waals surface area contributed by atoms with Gasteiger partial charge in [-0.1, -0.05) is 26.0 Å². The smallest absolute Gasteiger partial charge is 0.114 e. The van der Waals surface area contributed by atoms with Crippen molar-refractivity contribution in [2.75, 3.05) is 32.7 Å². The summed E-state index contributed by atoms with van der Waals surface area (Å²) in [6.45, 7) is 11.1. The molecule has 0 spiro atoms. The summed E-state index contributed by atoms with van der Waals surface area (Å²) in [4.78, 5) is 7.92. The summed E-state index contributed by atoms with van der Waals surface area (Å²) in [6.07, 6.45) is 8.23. The van der Waals surface area contributed by atoms with E-state index in [-0.39, 0.29) is 0 Å². The van der Waals surface area contributed by atoms with Gasteiger partial charge in [-0.05, 0) is 80.4 Å². The molecule has 3 heterocycles. The largest absolute Gasteiger partial charge is 0.324 e. The van der Waals surface area contributed by atoms with Crippen molar-refractivity contribution < 1.29 is 0 Å². The van der Waals surface area contributed by atoms with Crippen molar-refractivity contribution in [3.8, 4) is 0 Å². The quantitative estimate of drug-likeness (QED) is 0.790. The molecule has 0 radical (unpaired) electrons. The Hall–Kier alpha value is -1.39. The zero-order valence-electron chi connectivity index (χ0n) is 18.8. The molecule has 2 bridgehead atoms. The van der Waals surface area contributed by atoms with Crippen LogP contribution in [-0.2, 0) is 0 Å². The average Bonchev–Trinajstić information content (AvgIpc) is 3.42. The molecule has 5 fully saturated rings. The van der Waals surface area contributed by atoms with E-state index in [9.17, 15) is 0 Å². The van der Waals surface area contributed by atoms with Gasteiger partial charge in [0.2, 0.25) is 0 Å². The fraction of sp³-hybridized carbons (Fsp3) is 0.731. The van der Waals surface area contributed by atoms with E-state index in [1.807, 2.05) is 0 Å². The molecule has 30 heavy (non-hydrogen) atoms. The van der Waals surface area contributed by atoms with Crippen molar-refractivity contribution in [3.63, 3.8) is 0 Å². The summed E-state index contributed by atoms with van der Waals surface area (Å²) < 4.78 is 2.64. The molecule has 162 valence electrons. The van der Waals surface area contributed by atoms with E-state index >= 15 is 0 Å².